The Morgan fingerprint density at radius 2 is 1.80 bits per heavy atom. The fourth-order valence-corrected chi connectivity index (χ4v) is 2.33. The summed E-state index contributed by atoms with van der Waals surface area (Å²) in [7, 11) is 0. The van der Waals surface area contributed by atoms with Gasteiger partial charge in [0.2, 0.25) is 5.91 Å². The van der Waals surface area contributed by atoms with E-state index < -0.39 is 11.6 Å². The lowest BCUT2D eigenvalue weighted by Gasteiger charge is -2.30. The third-order valence-corrected chi connectivity index (χ3v) is 3.46. The highest BCUT2D eigenvalue weighted by molar-refractivity contribution is 5.79. The molecule has 3 nitrogen and oxygen atoms in total. The van der Waals surface area contributed by atoms with Gasteiger partial charge in [0.05, 0.1) is 6.42 Å². The Bertz CT molecular complexity index is 427. The highest BCUT2D eigenvalue weighted by Gasteiger charge is 2.22. The number of benzene rings is 1. The molecule has 0 aliphatic carbocycles. The topological polar surface area (TPSA) is 46.3 Å². The van der Waals surface area contributed by atoms with Crippen molar-refractivity contribution in [3.63, 3.8) is 0 Å². The molecular formula is C15H22F2N2O. The van der Waals surface area contributed by atoms with Gasteiger partial charge in [-0.25, -0.2) is 8.78 Å². The summed E-state index contributed by atoms with van der Waals surface area (Å²) in [6, 6.07) is 3.67. The lowest BCUT2D eigenvalue weighted by atomic mass is 10.1. The first-order chi connectivity index (χ1) is 9.54. The fraction of sp³-hybridized carbons (Fsp3) is 0.533. The van der Waals surface area contributed by atoms with Crippen molar-refractivity contribution in [2.75, 3.05) is 13.1 Å². The van der Waals surface area contributed by atoms with Crippen LogP contribution >= 0.6 is 0 Å². The van der Waals surface area contributed by atoms with E-state index in [0.29, 0.717) is 13.1 Å². The normalized spacial score (nSPS) is 10.9. The number of carbonyl (C=O) groups is 1. The summed E-state index contributed by atoms with van der Waals surface area (Å²) < 4.78 is 27.2. The van der Waals surface area contributed by atoms with Crippen LogP contribution in [0.3, 0.4) is 0 Å². The van der Waals surface area contributed by atoms with E-state index in [2.05, 4.69) is 0 Å². The van der Waals surface area contributed by atoms with Crippen LogP contribution < -0.4 is 5.73 Å². The number of nitrogens with two attached hydrogens (primary N) is 1. The number of hydrogen-bond acceptors (Lipinski definition) is 2. The molecule has 0 fully saturated rings. The first-order valence-corrected chi connectivity index (χ1v) is 6.97. The SMILES string of the molecule is CCC(CC)N(CCN)C(=O)Cc1c(F)cccc1F. The van der Waals surface area contributed by atoms with Gasteiger partial charge in [-0.3, -0.25) is 4.79 Å². The number of hydrogen-bond donors (Lipinski definition) is 1. The van der Waals surface area contributed by atoms with Crippen LogP contribution in [0.1, 0.15) is 32.3 Å². The average Bonchev–Trinajstić information content (AvgIpc) is 2.43. The van der Waals surface area contributed by atoms with Gasteiger partial charge in [-0.2, -0.15) is 0 Å². The molecule has 0 spiro atoms. The van der Waals surface area contributed by atoms with E-state index >= 15 is 0 Å². The van der Waals surface area contributed by atoms with Crippen molar-refractivity contribution in [2.24, 2.45) is 5.73 Å². The maximum atomic E-state index is 13.6. The monoisotopic (exact) mass is 284 g/mol. The second-order valence-corrected chi connectivity index (χ2v) is 4.72. The second kappa shape index (κ2) is 7.94. The molecular weight excluding hydrogens is 262 g/mol. The molecule has 0 aliphatic heterocycles. The van der Waals surface area contributed by atoms with Crippen molar-refractivity contribution in [3.05, 3.63) is 35.4 Å². The summed E-state index contributed by atoms with van der Waals surface area (Å²) in [5.41, 5.74) is 5.35. The minimum Gasteiger partial charge on any atom is -0.338 e. The zero-order chi connectivity index (χ0) is 15.1. The Balaban J connectivity index is 2.91. The van der Waals surface area contributed by atoms with Gasteiger partial charge in [0, 0.05) is 24.7 Å². The van der Waals surface area contributed by atoms with Crippen LogP contribution in [0.2, 0.25) is 0 Å². The van der Waals surface area contributed by atoms with Gasteiger partial charge in [-0.05, 0) is 25.0 Å². The maximum Gasteiger partial charge on any atom is 0.227 e. The summed E-state index contributed by atoms with van der Waals surface area (Å²) in [5, 5.41) is 0. The van der Waals surface area contributed by atoms with Crippen molar-refractivity contribution >= 4 is 5.91 Å². The minimum atomic E-state index is -0.685. The van der Waals surface area contributed by atoms with Crippen molar-refractivity contribution in [2.45, 2.75) is 39.2 Å². The lowest BCUT2D eigenvalue weighted by Crippen LogP contribution is -2.43. The third-order valence-electron chi connectivity index (χ3n) is 3.46. The zero-order valence-corrected chi connectivity index (χ0v) is 12.0. The van der Waals surface area contributed by atoms with Crippen molar-refractivity contribution in [1.29, 1.82) is 0 Å². The summed E-state index contributed by atoms with van der Waals surface area (Å²) in [5.74, 6) is -1.65. The Kier molecular flexibility index (Phi) is 6.58. The van der Waals surface area contributed by atoms with Crippen LogP contribution in [0.15, 0.2) is 18.2 Å². The Labute approximate surface area is 118 Å². The average molecular weight is 284 g/mol. The standard InChI is InChI=1S/C15H22F2N2O/c1-3-11(4-2)19(9-8-18)15(20)10-12-13(16)6-5-7-14(12)17/h5-7,11H,3-4,8-10,18H2,1-2H3. The number of amides is 1. The predicted octanol–water partition coefficient (Wildman–Crippen LogP) is 2.48. The minimum absolute atomic E-state index is 0.0564. The fourth-order valence-electron chi connectivity index (χ4n) is 2.33. The molecule has 0 saturated heterocycles. The molecule has 0 saturated carbocycles. The molecule has 0 heterocycles. The Hall–Kier alpha value is -1.49. The van der Waals surface area contributed by atoms with Gasteiger partial charge in [0.25, 0.3) is 0 Å². The predicted molar refractivity (Wildman–Crippen MR) is 75.2 cm³/mol. The molecule has 0 aromatic heterocycles. The molecule has 0 aliphatic rings. The van der Waals surface area contributed by atoms with Crippen molar-refractivity contribution < 1.29 is 13.6 Å². The molecule has 1 amide bonds. The Morgan fingerprint density at radius 1 is 1.25 bits per heavy atom. The first kappa shape index (κ1) is 16.6. The molecule has 1 aromatic rings. The van der Waals surface area contributed by atoms with E-state index in [-0.39, 0.29) is 23.9 Å². The maximum absolute atomic E-state index is 13.6. The quantitative estimate of drug-likeness (QED) is 0.836. The van der Waals surface area contributed by atoms with E-state index in [4.69, 9.17) is 5.73 Å². The summed E-state index contributed by atoms with van der Waals surface area (Å²) >= 11 is 0. The molecule has 0 atom stereocenters. The molecule has 0 radical (unpaired) electrons. The van der Waals surface area contributed by atoms with Crippen LogP contribution in [0, 0.1) is 11.6 Å². The van der Waals surface area contributed by atoms with E-state index in [1.165, 1.54) is 6.07 Å². The van der Waals surface area contributed by atoms with E-state index in [1.54, 1.807) is 4.90 Å². The van der Waals surface area contributed by atoms with Gasteiger partial charge in [0.15, 0.2) is 0 Å². The molecule has 112 valence electrons. The number of halogens is 2. The van der Waals surface area contributed by atoms with Crippen molar-refractivity contribution in [3.8, 4) is 0 Å². The first-order valence-electron chi connectivity index (χ1n) is 6.97. The van der Waals surface area contributed by atoms with E-state index in [0.717, 1.165) is 25.0 Å². The van der Waals surface area contributed by atoms with Crippen LogP contribution in [-0.2, 0) is 11.2 Å². The number of rotatable bonds is 7. The number of carbonyl (C=O) groups excluding carboxylic acids is 1. The second-order valence-electron chi connectivity index (χ2n) is 4.72. The van der Waals surface area contributed by atoms with Gasteiger partial charge in [0.1, 0.15) is 11.6 Å². The lowest BCUT2D eigenvalue weighted by molar-refractivity contribution is -0.133. The van der Waals surface area contributed by atoms with Crippen LogP contribution in [0.5, 0.6) is 0 Å². The van der Waals surface area contributed by atoms with Gasteiger partial charge in [-0.15, -0.1) is 0 Å². The van der Waals surface area contributed by atoms with Gasteiger partial charge >= 0.3 is 0 Å². The molecule has 1 rings (SSSR count). The molecule has 0 bridgehead atoms. The Morgan fingerprint density at radius 3 is 2.25 bits per heavy atom. The smallest absolute Gasteiger partial charge is 0.227 e. The summed E-state index contributed by atoms with van der Waals surface area (Å²) in [6.07, 6.45) is 1.32. The number of nitrogens with zero attached hydrogens (tertiary/aromatic N) is 1. The van der Waals surface area contributed by atoms with Crippen LogP contribution in [0.25, 0.3) is 0 Å². The molecule has 2 N–H and O–H groups in total. The molecule has 1 aromatic carbocycles. The zero-order valence-electron chi connectivity index (χ0n) is 12.0. The summed E-state index contributed by atoms with van der Waals surface area (Å²) in [6.45, 7) is 4.70. The van der Waals surface area contributed by atoms with Gasteiger partial charge < -0.3 is 10.6 Å². The highest BCUT2D eigenvalue weighted by atomic mass is 19.1. The third kappa shape index (κ3) is 4.00. The van der Waals surface area contributed by atoms with E-state index in [9.17, 15) is 13.6 Å². The largest absolute Gasteiger partial charge is 0.338 e. The summed E-state index contributed by atoms with van der Waals surface area (Å²) in [4.78, 5) is 13.9. The van der Waals surface area contributed by atoms with Gasteiger partial charge in [-0.1, -0.05) is 19.9 Å². The molecule has 20 heavy (non-hydrogen) atoms. The molecule has 5 heteroatoms. The molecule has 0 unspecified atom stereocenters. The van der Waals surface area contributed by atoms with E-state index in [1.807, 2.05) is 13.8 Å². The van der Waals surface area contributed by atoms with Crippen LogP contribution in [0.4, 0.5) is 8.78 Å². The highest BCUT2D eigenvalue weighted by Crippen LogP contribution is 2.16. The van der Waals surface area contributed by atoms with Crippen molar-refractivity contribution in [1.82, 2.24) is 4.90 Å². The van der Waals surface area contributed by atoms with Crippen LogP contribution in [-0.4, -0.2) is 29.9 Å².